The molecule has 0 bridgehead atoms. The van der Waals surface area contributed by atoms with Gasteiger partial charge in [0.2, 0.25) is 0 Å². The van der Waals surface area contributed by atoms with E-state index in [1.807, 2.05) is 35.2 Å². The molecule has 1 fully saturated rings. The SMILES string of the molecule is CC1CCN(C(=O)N(Cc2ccc(C(=O)NOI)cc2)c2ccccn2)CC1. The summed E-state index contributed by atoms with van der Waals surface area (Å²) in [4.78, 5) is 33.0. The van der Waals surface area contributed by atoms with Gasteiger partial charge in [-0.3, -0.25) is 9.69 Å². The van der Waals surface area contributed by atoms with Crippen LogP contribution in [0.15, 0.2) is 48.7 Å². The number of nitrogens with zero attached hydrogens (tertiary/aromatic N) is 3. The highest BCUT2D eigenvalue weighted by Crippen LogP contribution is 2.21. The molecule has 7 nitrogen and oxygen atoms in total. The molecule has 0 atom stereocenters. The Morgan fingerprint density at radius 2 is 1.93 bits per heavy atom. The topological polar surface area (TPSA) is 74.8 Å². The predicted octanol–water partition coefficient (Wildman–Crippen LogP) is 3.95. The van der Waals surface area contributed by atoms with Gasteiger partial charge in [-0.25, -0.2) is 18.4 Å². The molecule has 3 amide bonds. The van der Waals surface area contributed by atoms with Crippen molar-refractivity contribution in [2.24, 2.45) is 5.92 Å². The van der Waals surface area contributed by atoms with Gasteiger partial charge in [-0.05, 0) is 48.6 Å². The van der Waals surface area contributed by atoms with Crippen LogP contribution in [0, 0.1) is 5.92 Å². The molecule has 148 valence electrons. The van der Waals surface area contributed by atoms with Gasteiger partial charge in [0, 0.05) is 24.8 Å². The fourth-order valence-electron chi connectivity index (χ4n) is 3.17. The van der Waals surface area contributed by atoms with Gasteiger partial charge in [0.05, 0.1) is 6.54 Å². The predicted molar refractivity (Wildman–Crippen MR) is 115 cm³/mol. The highest BCUT2D eigenvalue weighted by molar-refractivity contribution is 14.1. The highest BCUT2D eigenvalue weighted by atomic mass is 127. The van der Waals surface area contributed by atoms with Crippen LogP contribution in [0.25, 0.3) is 0 Å². The van der Waals surface area contributed by atoms with Gasteiger partial charge < -0.3 is 4.90 Å². The maximum atomic E-state index is 13.2. The number of aromatic nitrogens is 1. The third-order valence-electron chi connectivity index (χ3n) is 4.90. The van der Waals surface area contributed by atoms with Gasteiger partial charge in [0.1, 0.15) is 28.8 Å². The molecule has 0 radical (unpaired) electrons. The first-order valence-corrected chi connectivity index (χ1v) is 10.1. The molecule has 1 aliphatic rings. The van der Waals surface area contributed by atoms with Crippen molar-refractivity contribution < 1.29 is 12.8 Å². The summed E-state index contributed by atoms with van der Waals surface area (Å²) in [6.07, 6.45) is 3.72. The monoisotopic (exact) mass is 494 g/mol. The zero-order valence-electron chi connectivity index (χ0n) is 15.7. The second kappa shape index (κ2) is 9.83. The Morgan fingerprint density at radius 1 is 1.21 bits per heavy atom. The third kappa shape index (κ3) is 5.20. The smallest absolute Gasteiger partial charge is 0.324 e. The number of halogens is 1. The molecule has 1 aliphatic heterocycles. The molecule has 1 aromatic heterocycles. The summed E-state index contributed by atoms with van der Waals surface area (Å²) in [5.41, 5.74) is 3.68. The molecule has 0 spiro atoms. The minimum Gasteiger partial charge on any atom is -0.324 e. The average molecular weight is 494 g/mol. The number of pyridine rings is 1. The summed E-state index contributed by atoms with van der Waals surface area (Å²) < 4.78 is 4.62. The van der Waals surface area contributed by atoms with Crippen LogP contribution in [0.3, 0.4) is 0 Å². The largest absolute Gasteiger partial charge is 0.325 e. The number of piperidine rings is 1. The number of carbonyl (C=O) groups excluding carboxylic acids is 2. The Kier molecular flexibility index (Phi) is 7.21. The molecule has 0 unspecified atom stereocenters. The second-order valence-electron chi connectivity index (χ2n) is 6.93. The molecule has 3 rings (SSSR count). The Morgan fingerprint density at radius 3 is 2.54 bits per heavy atom. The highest BCUT2D eigenvalue weighted by Gasteiger charge is 2.26. The first-order valence-electron chi connectivity index (χ1n) is 9.23. The standard InChI is InChI=1S/C20H23IN4O3/c1-15-9-12-24(13-10-15)20(27)25(18-4-2-3-11-22-18)14-16-5-7-17(8-6-16)19(26)23-28-21/h2-8,11,15H,9-10,12-14H2,1H3,(H,23,26). The third-order valence-corrected chi connectivity index (χ3v) is 5.12. The van der Waals surface area contributed by atoms with Crippen molar-refractivity contribution in [3.05, 3.63) is 59.8 Å². The van der Waals surface area contributed by atoms with Crippen molar-refractivity contribution in [3.8, 4) is 0 Å². The Labute approximate surface area is 178 Å². The van der Waals surface area contributed by atoms with Crippen LogP contribution in [-0.2, 0) is 9.71 Å². The first-order chi connectivity index (χ1) is 13.6. The summed E-state index contributed by atoms with van der Waals surface area (Å²) >= 11 is 1.60. The molecule has 0 aliphatic carbocycles. The fraction of sp³-hybridized carbons (Fsp3) is 0.350. The minimum atomic E-state index is -0.318. The summed E-state index contributed by atoms with van der Waals surface area (Å²) in [7, 11) is 0. The number of amides is 3. The number of carbonyl (C=O) groups is 2. The molecular weight excluding hydrogens is 471 g/mol. The molecule has 1 saturated heterocycles. The number of hydroxylamine groups is 1. The van der Waals surface area contributed by atoms with E-state index in [2.05, 4.69) is 20.6 Å². The Hall–Kier alpha value is -2.20. The number of hydrogen-bond acceptors (Lipinski definition) is 4. The number of nitrogens with one attached hydrogen (secondary N) is 1. The van der Waals surface area contributed by atoms with Gasteiger partial charge in [-0.1, -0.05) is 25.1 Å². The number of anilines is 1. The number of urea groups is 1. The molecule has 8 heteroatoms. The minimum absolute atomic E-state index is 0.0364. The molecule has 28 heavy (non-hydrogen) atoms. The molecule has 2 aromatic rings. The van der Waals surface area contributed by atoms with Crippen LogP contribution in [0.1, 0.15) is 35.7 Å². The number of likely N-dealkylation sites (tertiary alicyclic amines) is 1. The molecule has 2 heterocycles. The lowest BCUT2D eigenvalue weighted by molar-refractivity contribution is 0.0829. The van der Waals surface area contributed by atoms with Crippen molar-refractivity contribution in [3.63, 3.8) is 0 Å². The number of benzene rings is 1. The second-order valence-corrected chi connectivity index (χ2v) is 7.37. The zero-order valence-corrected chi connectivity index (χ0v) is 17.8. The van der Waals surface area contributed by atoms with Crippen LogP contribution < -0.4 is 10.4 Å². The lowest BCUT2D eigenvalue weighted by Gasteiger charge is -2.34. The van der Waals surface area contributed by atoms with Gasteiger partial charge in [0.15, 0.2) is 0 Å². The quantitative estimate of drug-likeness (QED) is 0.505. The van der Waals surface area contributed by atoms with Crippen molar-refractivity contribution in [2.45, 2.75) is 26.3 Å². The van der Waals surface area contributed by atoms with E-state index in [4.69, 9.17) is 0 Å². The summed E-state index contributed by atoms with van der Waals surface area (Å²) in [5.74, 6) is 0.949. The van der Waals surface area contributed by atoms with Crippen LogP contribution >= 0.6 is 23.0 Å². The van der Waals surface area contributed by atoms with Crippen molar-refractivity contribution >= 4 is 40.8 Å². The van der Waals surface area contributed by atoms with Gasteiger partial charge >= 0.3 is 6.03 Å². The fourth-order valence-corrected chi connectivity index (χ4v) is 3.37. The molecule has 1 N–H and O–H groups in total. The maximum Gasteiger partial charge on any atom is 0.325 e. The number of rotatable bonds is 5. The van der Waals surface area contributed by atoms with E-state index >= 15 is 0 Å². The van der Waals surface area contributed by atoms with Crippen LogP contribution in [-0.4, -0.2) is 34.9 Å². The summed E-state index contributed by atoms with van der Waals surface area (Å²) in [6.45, 7) is 4.13. The van der Waals surface area contributed by atoms with Gasteiger partial charge in [-0.2, -0.15) is 0 Å². The van der Waals surface area contributed by atoms with Crippen LogP contribution in [0.4, 0.5) is 10.6 Å². The maximum absolute atomic E-state index is 13.2. The van der Waals surface area contributed by atoms with E-state index in [-0.39, 0.29) is 11.9 Å². The summed E-state index contributed by atoms with van der Waals surface area (Å²) in [6, 6.07) is 12.6. The van der Waals surface area contributed by atoms with E-state index in [1.54, 1.807) is 46.2 Å². The van der Waals surface area contributed by atoms with Gasteiger partial charge in [-0.15, -0.1) is 0 Å². The van der Waals surface area contributed by atoms with Gasteiger partial charge in [0.25, 0.3) is 5.91 Å². The normalized spacial score (nSPS) is 14.6. The Bertz CT molecular complexity index is 793. The molecule has 0 saturated carbocycles. The van der Waals surface area contributed by atoms with Crippen LogP contribution in [0.2, 0.25) is 0 Å². The van der Waals surface area contributed by atoms with E-state index < -0.39 is 0 Å². The molecule has 1 aromatic carbocycles. The van der Waals surface area contributed by atoms with Crippen LogP contribution in [0.5, 0.6) is 0 Å². The lowest BCUT2D eigenvalue weighted by atomic mass is 9.99. The average Bonchev–Trinajstić information content (AvgIpc) is 2.73. The van der Waals surface area contributed by atoms with E-state index in [0.29, 0.717) is 23.8 Å². The van der Waals surface area contributed by atoms with E-state index in [9.17, 15) is 9.59 Å². The Balaban J connectivity index is 1.78. The van der Waals surface area contributed by atoms with Crippen molar-refractivity contribution in [1.29, 1.82) is 0 Å². The number of hydrogen-bond donors (Lipinski definition) is 1. The van der Waals surface area contributed by atoms with Crippen molar-refractivity contribution in [2.75, 3.05) is 18.0 Å². The zero-order chi connectivity index (χ0) is 19.9. The first kappa shape index (κ1) is 20.5. The van der Waals surface area contributed by atoms with E-state index in [1.165, 1.54) is 0 Å². The van der Waals surface area contributed by atoms with Crippen molar-refractivity contribution in [1.82, 2.24) is 15.4 Å². The van der Waals surface area contributed by atoms with E-state index in [0.717, 1.165) is 31.5 Å². The lowest BCUT2D eigenvalue weighted by Crippen LogP contribution is -2.46. The summed E-state index contributed by atoms with van der Waals surface area (Å²) in [5, 5.41) is 0. The molecular formula is C20H23IN4O3.